The number of ether oxygens (including phenoxy) is 2. The minimum atomic E-state index is -0.593. The van der Waals surface area contributed by atoms with Crippen molar-refractivity contribution < 1.29 is 19.4 Å². The summed E-state index contributed by atoms with van der Waals surface area (Å²) >= 11 is 0. The lowest BCUT2D eigenvalue weighted by Gasteiger charge is -2.38. The van der Waals surface area contributed by atoms with Gasteiger partial charge in [0.1, 0.15) is 24.2 Å². The topological polar surface area (TPSA) is 62.3 Å². The molecular weight excluding hydrogens is 318 g/mol. The summed E-state index contributed by atoms with van der Waals surface area (Å²) < 4.78 is 11.4. The first-order valence-electron chi connectivity index (χ1n) is 7.92. The minimum absolute atomic E-state index is 0. The van der Waals surface area contributed by atoms with Crippen molar-refractivity contribution in [2.45, 2.75) is 49.2 Å². The van der Waals surface area contributed by atoms with Crippen molar-refractivity contribution in [3.8, 4) is 0 Å². The maximum atomic E-state index is 12.4. The summed E-state index contributed by atoms with van der Waals surface area (Å²) in [7, 11) is 2.13. The second-order valence-electron chi connectivity index (χ2n) is 6.54. The Kier molecular flexibility index (Phi) is 4.65. The number of aliphatic hydroxyl groups excluding tert-OH is 1. The van der Waals surface area contributed by atoms with E-state index in [1.54, 1.807) is 0 Å². The van der Waals surface area contributed by atoms with Crippen molar-refractivity contribution in [1.82, 2.24) is 4.90 Å². The second-order valence-corrected chi connectivity index (χ2v) is 6.54. The maximum Gasteiger partial charge on any atom is 0.316 e. The third kappa shape index (κ3) is 2.87. The molecule has 23 heavy (non-hydrogen) atoms. The van der Waals surface area contributed by atoms with E-state index in [4.69, 9.17) is 9.47 Å². The molecule has 0 spiro atoms. The number of likely N-dealkylation sites (N-methyl/N-ethyl adjacent to an activating group) is 1. The molecule has 1 N–H and O–H groups in total. The number of esters is 1. The lowest BCUT2D eigenvalue weighted by molar-refractivity contribution is -0.156. The van der Waals surface area contributed by atoms with Crippen LogP contribution >= 0.6 is 12.4 Å². The maximum absolute atomic E-state index is 12.4. The van der Waals surface area contributed by atoms with Crippen molar-refractivity contribution in [2.75, 3.05) is 13.7 Å². The van der Waals surface area contributed by atoms with Gasteiger partial charge in [-0.25, -0.2) is 0 Å². The van der Waals surface area contributed by atoms with Gasteiger partial charge in [0.05, 0.1) is 6.61 Å². The van der Waals surface area contributed by atoms with Crippen LogP contribution in [0.2, 0.25) is 0 Å². The van der Waals surface area contributed by atoms with Gasteiger partial charge in [-0.05, 0) is 12.6 Å². The molecule has 0 amide bonds. The summed E-state index contributed by atoms with van der Waals surface area (Å²) in [6.07, 6.45) is 2.26. The average molecular weight is 340 g/mol. The molecule has 6 heteroatoms. The number of benzene rings is 1. The Morgan fingerprint density at radius 2 is 1.91 bits per heavy atom. The molecule has 126 valence electrons. The van der Waals surface area contributed by atoms with Crippen LogP contribution in [0.3, 0.4) is 0 Å². The van der Waals surface area contributed by atoms with Crippen LogP contribution in [-0.4, -0.2) is 60.0 Å². The number of fused-ring (bicyclic) bond motifs is 5. The molecular formula is C17H22ClNO4. The van der Waals surface area contributed by atoms with E-state index in [1.165, 1.54) is 0 Å². The molecule has 5 nitrogen and oxygen atoms in total. The molecule has 6 atom stereocenters. The molecule has 1 aromatic rings. The predicted molar refractivity (Wildman–Crippen MR) is 86.6 cm³/mol. The molecule has 3 heterocycles. The zero-order valence-corrected chi connectivity index (χ0v) is 13.8. The molecule has 0 aromatic heterocycles. The van der Waals surface area contributed by atoms with E-state index < -0.39 is 5.92 Å². The third-order valence-corrected chi connectivity index (χ3v) is 5.33. The number of carbonyl (C=O) groups excluding carboxylic acids is 1. The first-order valence-corrected chi connectivity index (χ1v) is 7.92. The van der Waals surface area contributed by atoms with Gasteiger partial charge in [0.2, 0.25) is 0 Å². The highest BCUT2D eigenvalue weighted by Gasteiger charge is 2.62. The van der Waals surface area contributed by atoms with Crippen LogP contribution in [0.25, 0.3) is 0 Å². The van der Waals surface area contributed by atoms with Crippen LogP contribution in [0.15, 0.2) is 30.3 Å². The number of aliphatic hydroxyl groups is 1. The molecule has 4 rings (SSSR count). The molecule has 0 unspecified atom stereocenters. The smallest absolute Gasteiger partial charge is 0.316 e. The first-order chi connectivity index (χ1) is 10.7. The SMILES string of the molecule is CN1[C@@H]2C[C@@H](OC(=O)[C@H](CO)c3ccccc3)C[C@H]1[C@@H]1O[C@@H]12.Cl. The Bertz CT molecular complexity index is 551. The quantitative estimate of drug-likeness (QED) is 0.662. The Hall–Kier alpha value is -1.14. The summed E-state index contributed by atoms with van der Waals surface area (Å²) in [5, 5.41) is 9.56. The number of hydrogen-bond acceptors (Lipinski definition) is 5. The summed E-state index contributed by atoms with van der Waals surface area (Å²) in [6, 6.07) is 10.1. The Morgan fingerprint density at radius 3 is 2.48 bits per heavy atom. The van der Waals surface area contributed by atoms with Gasteiger partial charge in [0.15, 0.2) is 0 Å². The van der Waals surface area contributed by atoms with Gasteiger partial charge in [-0.1, -0.05) is 30.3 Å². The lowest BCUT2D eigenvalue weighted by atomic mass is 9.97. The number of epoxide rings is 1. The highest BCUT2D eigenvalue weighted by Crippen LogP contribution is 2.48. The van der Waals surface area contributed by atoms with Crippen molar-refractivity contribution in [3.05, 3.63) is 35.9 Å². The van der Waals surface area contributed by atoms with Crippen molar-refractivity contribution in [1.29, 1.82) is 0 Å². The molecule has 0 saturated carbocycles. The first kappa shape index (κ1) is 16.7. The van der Waals surface area contributed by atoms with Crippen LogP contribution in [-0.2, 0) is 14.3 Å². The van der Waals surface area contributed by atoms with Crippen LogP contribution < -0.4 is 0 Å². The highest BCUT2D eigenvalue weighted by atomic mass is 35.5. The van der Waals surface area contributed by atoms with Crippen molar-refractivity contribution in [3.63, 3.8) is 0 Å². The Morgan fingerprint density at radius 1 is 1.30 bits per heavy atom. The highest BCUT2D eigenvalue weighted by molar-refractivity contribution is 5.85. The fraction of sp³-hybridized carbons (Fsp3) is 0.588. The fourth-order valence-electron chi connectivity index (χ4n) is 4.04. The zero-order valence-electron chi connectivity index (χ0n) is 13.0. The van der Waals surface area contributed by atoms with Crippen LogP contribution in [0.1, 0.15) is 24.3 Å². The van der Waals surface area contributed by atoms with Gasteiger partial charge in [0, 0.05) is 24.9 Å². The largest absolute Gasteiger partial charge is 0.462 e. The number of nitrogens with zero attached hydrogens (tertiary/aromatic N) is 1. The molecule has 3 saturated heterocycles. The fourth-order valence-corrected chi connectivity index (χ4v) is 4.04. The molecule has 2 bridgehead atoms. The molecule has 3 fully saturated rings. The van der Waals surface area contributed by atoms with E-state index in [1.807, 2.05) is 30.3 Å². The molecule has 1 aromatic carbocycles. The summed E-state index contributed by atoms with van der Waals surface area (Å²) in [6.45, 7) is -0.226. The number of halogens is 1. The van der Waals surface area contributed by atoms with Gasteiger partial charge in [-0.3, -0.25) is 9.69 Å². The van der Waals surface area contributed by atoms with Crippen molar-refractivity contribution >= 4 is 18.4 Å². The van der Waals surface area contributed by atoms with Gasteiger partial charge in [-0.2, -0.15) is 0 Å². The van der Waals surface area contributed by atoms with E-state index in [-0.39, 0.29) is 31.1 Å². The number of rotatable bonds is 4. The number of hydrogen-bond donors (Lipinski definition) is 1. The third-order valence-electron chi connectivity index (χ3n) is 5.33. The molecule has 3 aliphatic heterocycles. The van der Waals surface area contributed by atoms with Gasteiger partial charge < -0.3 is 14.6 Å². The van der Waals surface area contributed by atoms with E-state index in [0.29, 0.717) is 24.3 Å². The monoisotopic (exact) mass is 339 g/mol. The minimum Gasteiger partial charge on any atom is -0.462 e. The average Bonchev–Trinajstić information content (AvgIpc) is 3.27. The van der Waals surface area contributed by atoms with Crippen molar-refractivity contribution in [2.24, 2.45) is 0 Å². The van der Waals surface area contributed by atoms with Crippen LogP contribution in [0, 0.1) is 0 Å². The summed E-state index contributed by atoms with van der Waals surface area (Å²) in [5.41, 5.74) is 0.803. The number of morpholine rings is 1. The normalized spacial score (nSPS) is 35.8. The molecule has 0 aliphatic carbocycles. The standard InChI is InChI=1S/C17H21NO4.ClH/c1-18-13-7-11(8-14(18)16-15(13)22-16)21-17(20)12(9-19)10-5-3-2-4-6-10;/h2-6,11-16,19H,7-9H2,1H3;1H/t11-,12-,13-,14+,15-,16+;/m1./s1. The van der Waals surface area contributed by atoms with E-state index in [0.717, 1.165) is 18.4 Å². The van der Waals surface area contributed by atoms with Crippen LogP contribution in [0.4, 0.5) is 0 Å². The zero-order chi connectivity index (χ0) is 15.3. The van der Waals surface area contributed by atoms with Crippen LogP contribution in [0.5, 0.6) is 0 Å². The Labute approximate surface area is 142 Å². The molecule has 0 radical (unpaired) electrons. The lowest BCUT2D eigenvalue weighted by Crippen LogP contribution is -2.48. The van der Waals surface area contributed by atoms with Gasteiger partial charge >= 0.3 is 5.97 Å². The van der Waals surface area contributed by atoms with E-state index in [9.17, 15) is 9.90 Å². The van der Waals surface area contributed by atoms with Gasteiger partial charge in [0.25, 0.3) is 0 Å². The molecule has 3 aliphatic rings. The van der Waals surface area contributed by atoms with E-state index in [2.05, 4.69) is 11.9 Å². The van der Waals surface area contributed by atoms with Gasteiger partial charge in [-0.15, -0.1) is 12.4 Å². The Balaban J connectivity index is 0.00000156. The van der Waals surface area contributed by atoms with E-state index >= 15 is 0 Å². The number of carbonyl (C=O) groups is 1. The predicted octanol–water partition coefficient (Wildman–Crippen LogP) is 1.34. The summed E-state index contributed by atoms with van der Waals surface area (Å²) in [4.78, 5) is 14.8. The summed E-state index contributed by atoms with van der Waals surface area (Å²) in [5.74, 6) is -0.915. The number of piperidine rings is 1. The second kappa shape index (κ2) is 6.40.